The quantitative estimate of drug-likeness (QED) is 0.429. The lowest BCUT2D eigenvalue weighted by molar-refractivity contribution is -0.156. The Kier molecular flexibility index (Phi) is 5.89. The van der Waals surface area contributed by atoms with Crippen molar-refractivity contribution in [2.24, 2.45) is 11.8 Å². The second-order valence-corrected chi connectivity index (χ2v) is 4.95. The largest absolute Gasteiger partial charge is 0.462 e. The smallest absolute Gasteiger partial charge is 0.333 e. The lowest BCUT2D eigenvalue weighted by Crippen LogP contribution is -2.28. The third-order valence-electron chi connectivity index (χ3n) is 3.32. The van der Waals surface area contributed by atoms with E-state index < -0.39 is 5.97 Å². The maximum Gasteiger partial charge on any atom is 0.333 e. The molecule has 4 heteroatoms. The van der Waals surface area contributed by atoms with Crippen LogP contribution in [0.3, 0.4) is 0 Å². The molecule has 1 aliphatic carbocycles. The van der Waals surface area contributed by atoms with E-state index in [9.17, 15) is 9.59 Å². The first kappa shape index (κ1) is 14.7. The number of hydrogen-bond acceptors (Lipinski definition) is 4. The fourth-order valence-electron chi connectivity index (χ4n) is 2.17. The molecule has 1 rings (SSSR count). The Hall–Kier alpha value is -1.32. The van der Waals surface area contributed by atoms with Crippen LogP contribution in [0.25, 0.3) is 0 Å². The zero-order valence-corrected chi connectivity index (χ0v) is 11.2. The molecule has 0 aromatic rings. The van der Waals surface area contributed by atoms with Gasteiger partial charge in [-0.15, -0.1) is 0 Å². The lowest BCUT2D eigenvalue weighted by atomic mass is 9.80. The van der Waals surface area contributed by atoms with Gasteiger partial charge in [0.1, 0.15) is 13.2 Å². The van der Waals surface area contributed by atoms with Gasteiger partial charge in [0.05, 0.1) is 5.92 Å². The number of carbonyl (C=O) groups excluding carboxylic acids is 2. The van der Waals surface area contributed by atoms with E-state index in [0.29, 0.717) is 11.5 Å². The molecule has 0 amide bonds. The number of carbonyl (C=O) groups is 2. The summed E-state index contributed by atoms with van der Waals surface area (Å²) in [5.41, 5.74) is 0.349. The van der Waals surface area contributed by atoms with Crippen LogP contribution < -0.4 is 0 Å². The molecule has 0 heterocycles. The van der Waals surface area contributed by atoms with Gasteiger partial charge in [-0.3, -0.25) is 4.79 Å². The summed E-state index contributed by atoms with van der Waals surface area (Å²) in [4.78, 5) is 22.9. The Balaban J connectivity index is 2.20. The van der Waals surface area contributed by atoms with Gasteiger partial charge in [0.25, 0.3) is 0 Å². The van der Waals surface area contributed by atoms with Gasteiger partial charge in [-0.1, -0.05) is 26.3 Å². The van der Waals surface area contributed by atoms with E-state index >= 15 is 0 Å². The van der Waals surface area contributed by atoms with Crippen LogP contribution in [0.1, 0.15) is 39.5 Å². The first-order valence-electron chi connectivity index (χ1n) is 6.51. The molecule has 0 aromatic heterocycles. The average Bonchev–Trinajstić information content (AvgIpc) is 2.34. The summed E-state index contributed by atoms with van der Waals surface area (Å²) >= 11 is 0. The highest BCUT2D eigenvalue weighted by molar-refractivity contribution is 5.86. The minimum atomic E-state index is -0.447. The number of ether oxygens (including phenoxy) is 2. The van der Waals surface area contributed by atoms with Gasteiger partial charge in [0, 0.05) is 5.57 Å². The molecule has 0 radical (unpaired) electrons. The number of hydrogen-bond donors (Lipinski definition) is 0. The summed E-state index contributed by atoms with van der Waals surface area (Å²) in [7, 11) is 0. The Morgan fingerprint density at radius 2 is 1.78 bits per heavy atom. The molecule has 1 saturated carbocycles. The fraction of sp³-hybridized carbons (Fsp3) is 0.714. The van der Waals surface area contributed by atoms with Crippen molar-refractivity contribution in [1.29, 1.82) is 0 Å². The van der Waals surface area contributed by atoms with Crippen molar-refractivity contribution < 1.29 is 19.1 Å². The Bertz CT molecular complexity index is 322. The topological polar surface area (TPSA) is 52.6 Å². The summed E-state index contributed by atoms with van der Waals surface area (Å²) < 4.78 is 9.99. The zero-order valence-electron chi connectivity index (χ0n) is 11.2. The molecule has 0 bridgehead atoms. The predicted molar refractivity (Wildman–Crippen MR) is 67.9 cm³/mol. The minimum absolute atomic E-state index is 0.00981. The second kappa shape index (κ2) is 7.19. The third kappa shape index (κ3) is 4.51. The first-order chi connectivity index (χ1) is 8.52. The Morgan fingerprint density at radius 1 is 1.17 bits per heavy atom. The van der Waals surface area contributed by atoms with E-state index in [1.54, 1.807) is 6.92 Å². The van der Waals surface area contributed by atoms with Crippen molar-refractivity contribution in [2.75, 3.05) is 13.2 Å². The SMILES string of the molecule is C=C(C)C(=O)OCCOC(=O)C1CCCCC1C. The first-order valence-corrected chi connectivity index (χ1v) is 6.51. The molecular formula is C14H22O4. The van der Waals surface area contributed by atoms with Crippen molar-refractivity contribution in [2.45, 2.75) is 39.5 Å². The van der Waals surface area contributed by atoms with Crippen LogP contribution in [0.4, 0.5) is 0 Å². The molecule has 0 aliphatic heterocycles. The van der Waals surface area contributed by atoms with Crippen LogP contribution in [-0.4, -0.2) is 25.2 Å². The molecule has 102 valence electrons. The predicted octanol–water partition coefficient (Wildman–Crippen LogP) is 2.48. The average molecular weight is 254 g/mol. The Labute approximate surface area is 108 Å². The van der Waals surface area contributed by atoms with Crippen molar-refractivity contribution in [1.82, 2.24) is 0 Å². The van der Waals surface area contributed by atoms with Gasteiger partial charge in [0.15, 0.2) is 0 Å². The molecule has 0 saturated heterocycles. The molecule has 1 fully saturated rings. The van der Waals surface area contributed by atoms with Gasteiger partial charge in [-0.05, 0) is 25.7 Å². The molecule has 4 nitrogen and oxygen atoms in total. The van der Waals surface area contributed by atoms with Crippen LogP contribution in [0.2, 0.25) is 0 Å². The highest BCUT2D eigenvalue weighted by Gasteiger charge is 2.28. The maximum absolute atomic E-state index is 11.8. The molecule has 2 unspecified atom stereocenters. The normalized spacial score (nSPS) is 23.2. The van der Waals surface area contributed by atoms with E-state index in [1.807, 2.05) is 0 Å². The van der Waals surface area contributed by atoms with Crippen LogP contribution in [-0.2, 0) is 19.1 Å². The molecular weight excluding hydrogens is 232 g/mol. The highest BCUT2D eigenvalue weighted by atomic mass is 16.6. The van der Waals surface area contributed by atoms with E-state index in [2.05, 4.69) is 13.5 Å². The van der Waals surface area contributed by atoms with E-state index in [4.69, 9.17) is 9.47 Å². The second-order valence-electron chi connectivity index (χ2n) is 4.95. The number of rotatable bonds is 5. The van der Waals surface area contributed by atoms with Gasteiger partial charge in [0.2, 0.25) is 0 Å². The zero-order chi connectivity index (χ0) is 13.5. The van der Waals surface area contributed by atoms with E-state index in [1.165, 1.54) is 6.42 Å². The summed E-state index contributed by atoms with van der Waals surface area (Å²) in [6, 6.07) is 0. The van der Waals surface area contributed by atoms with Crippen LogP contribution in [0.15, 0.2) is 12.2 Å². The summed E-state index contributed by atoms with van der Waals surface area (Å²) in [6.07, 6.45) is 4.28. The molecule has 0 spiro atoms. The standard InChI is InChI=1S/C14H22O4/c1-10(2)13(15)17-8-9-18-14(16)12-7-5-4-6-11(12)3/h11-12H,1,4-9H2,2-3H3. The molecule has 0 N–H and O–H groups in total. The molecule has 1 aliphatic rings. The molecule has 18 heavy (non-hydrogen) atoms. The van der Waals surface area contributed by atoms with Crippen LogP contribution in [0.5, 0.6) is 0 Å². The van der Waals surface area contributed by atoms with Gasteiger partial charge in [-0.25, -0.2) is 4.79 Å². The van der Waals surface area contributed by atoms with Gasteiger partial charge in [-0.2, -0.15) is 0 Å². The summed E-state index contributed by atoms with van der Waals surface area (Å²) in [6.45, 7) is 7.36. The summed E-state index contributed by atoms with van der Waals surface area (Å²) in [5.74, 6) is -0.203. The number of esters is 2. The molecule has 0 aromatic carbocycles. The molecule has 2 atom stereocenters. The van der Waals surface area contributed by atoms with Crippen molar-refractivity contribution in [3.8, 4) is 0 Å². The van der Waals surface area contributed by atoms with Crippen LogP contribution >= 0.6 is 0 Å². The maximum atomic E-state index is 11.8. The fourth-order valence-corrected chi connectivity index (χ4v) is 2.17. The third-order valence-corrected chi connectivity index (χ3v) is 3.32. The van der Waals surface area contributed by atoms with E-state index in [0.717, 1.165) is 19.3 Å². The van der Waals surface area contributed by atoms with Crippen LogP contribution in [0, 0.1) is 11.8 Å². The van der Waals surface area contributed by atoms with E-state index in [-0.39, 0.29) is 25.1 Å². The summed E-state index contributed by atoms with van der Waals surface area (Å²) in [5, 5.41) is 0. The highest BCUT2D eigenvalue weighted by Crippen LogP contribution is 2.30. The van der Waals surface area contributed by atoms with Crippen molar-refractivity contribution >= 4 is 11.9 Å². The van der Waals surface area contributed by atoms with Crippen molar-refractivity contribution in [3.63, 3.8) is 0 Å². The Morgan fingerprint density at radius 3 is 2.39 bits per heavy atom. The lowest BCUT2D eigenvalue weighted by Gasteiger charge is -2.26. The monoisotopic (exact) mass is 254 g/mol. The van der Waals surface area contributed by atoms with Gasteiger partial charge < -0.3 is 9.47 Å². The minimum Gasteiger partial charge on any atom is -0.462 e. The van der Waals surface area contributed by atoms with Gasteiger partial charge >= 0.3 is 11.9 Å². The van der Waals surface area contributed by atoms with Crippen molar-refractivity contribution in [3.05, 3.63) is 12.2 Å².